The first-order valence-electron chi connectivity index (χ1n) is 10.7. The zero-order chi connectivity index (χ0) is 21.6. The van der Waals surface area contributed by atoms with Crippen molar-refractivity contribution < 1.29 is 34.0 Å². The SMILES string of the molecule is O=C1OCCC[C@H](O)[C@@H](O)C[C@H](OCc2ccccc2)[C@H]2CO[C@@H](O2)c2ccc1cc2. The molecule has 0 aromatic heterocycles. The van der Waals surface area contributed by atoms with Gasteiger partial charge in [-0.1, -0.05) is 42.5 Å². The van der Waals surface area contributed by atoms with Gasteiger partial charge in [-0.15, -0.1) is 0 Å². The van der Waals surface area contributed by atoms with Crippen molar-refractivity contribution in [1.82, 2.24) is 0 Å². The largest absolute Gasteiger partial charge is 0.462 e. The lowest BCUT2D eigenvalue weighted by Gasteiger charge is -2.27. The maximum absolute atomic E-state index is 12.1. The fourth-order valence-electron chi connectivity index (χ4n) is 3.80. The van der Waals surface area contributed by atoms with Gasteiger partial charge >= 0.3 is 5.97 Å². The van der Waals surface area contributed by atoms with E-state index >= 15 is 0 Å². The van der Waals surface area contributed by atoms with Crippen LogP contribution in [0.2, 0.25) is 0 Å². The molecule has 3 heterocycles. The van der Waals surface area contributed by atoms with Crippen LogP contribution in [0.1, 0.15) is 47.0 Å². The molecule has 5 atom stereocenters. The topological polar surface area (TPSA) is 94.5 Å². The Hall–Kier alpha value is -2.29. The second-order valence-corrected chi connectivity index (χ2v) is 7.95. The molecule has 0 amide bonds. The first kappa shape index (κ1) is 21.9. The highest BCUT2D eigenvalue weighted by atomic mass is 16.7. The number of rotatable bonds is 3. The second-order valence-electron chi connectivity index (χ2n) is 7.95. The van der Waals surface area contributed by atoms with E-state index in [4.69, 9.17) is 18.9 Å². The van der Waals surface area contributed by atoms with Crippen LogP contribution in [0.15, 0.2) is 54.6 Å². The number of esters is 1. The molecule has 7 nitrogen and oxygen atoms in total. The van der Waals surface area contributed by atoms with E-state index < -0.39 is 36.7 Å². The van der Waals surface area contributed by atoms with Gasteiger partial charge in [-0.25, -0.2) is 4.79 Å². The normalized spacial score (nSPS) is 29.6. The fraction of sp³-hybridized carbons (Fsp3) is 0.458. The van der Waals surface area contributed by atoms with Gasteiger partial charge in [-0.3, -0.25) is 0 Å². The van der Waals surface area contributed by atoms with Crippen LogP contribution >= 0.6 is 0 Å². The van der Waals surface area contributed by atoms with Crippen LogP contribution in [0.5, 0.6) is 0 Å². The molecule has 4 bridgehead atoms. The molecule has 5 rings (SSSR count). The predicted octanol–water partition coefficient (Wildman–Crippen LogP) is 2.75. The zero-order valence-corrected chi connectivity index (χ0v) is 17.3. The first-order chi connectivity index (χ1) is 15.1. The summed E-state index contributed by atoms with van der Waals surface area (Å²) in [7, 11) is 0. The lowest BCUT2D eigenvalue weighted by Crippen LogP contribution is -2.38. The summed E-state index contributed by atoms with van der Waals surface area (Å²) in [6.07, 6.45) is -2.43. The lowest BCUT2D eigenvalue weighted by atomic mass is 10.00. The van der Waals surface area contributed by atoms with Gasteiger partial charge in [0.25, 0.3) is 0 Å². The molecule has 0 saturated carbocycles. The Bertz CT molecular complexity index is 839. The van der Waals surface area contributed by atoms with Gasteiger partial charge in [-0.05, 0) is 30.5 Å². The minimum atomic E-state index is -0.995. The first-order valence-corrected chi connectivity index (χ1v) is 10.7. The summed E-state index contributed by atoms with van der Waals surface area (Å²) in [5.74, 6) is -0.422. The van der Waals surface area contributed by atoms with Gasteiger partial charge in [0.2, 0.25) is 0 Å². The number of hydrogen-bond acceptors (Lipinski definition) is 7. The number of ether oxygens (including phenoxy) is 4. The molecule has 1 fully saturated rings. The summed E-state index contributed by atoms with van der Waals surface area (Å²) in [6.45, 7) is 0.843. The average Bonchev–Trinajstić information content (AvgIpc) is 3.29. The molecule has 0 radical (unpaired) electrons. The van der Waals surface area contributed by atoms with E-state index in [1.165, 1.54) is 0 Å². The number of benzene rings is 2. The summed E-state index contributed by atoms with van der Waals surface area (Å²) in [6, 6.07) is 16.7. The van der Waals surface area contributed by atoms with Crippen molar-refractivity contribution in [3.05, 3.63) is 71.3 Å². The minimum absolute atomic E-state index is 0.176. The van der Waals surface area contributed by atoms with Crippen LogP contribution in [0, 0.1) is 0 Å². The van der Waals surface area contributed by atoms with Gasteiger partial charge in [0.05, 0.1) is 43.7 Å². The molecule has 31 heavy (non-hydrogen) atoms. The summed E-state index contributed by atoms with van der Waals surface area (Å²) in [5, 5.41) is 21.0. The molecule has 2 N–H and O–H groups in total. The van der Waals surface area contributed by atoms with Crippen molar-refractivity contribution in [2.45, 2.75) is 56.6 Å². The third-order valence-corrected chi connectivity index (χ3v) is 5.65. The van der Waals surface area contributed by atoms with Gasteiger partial charge in [0, 0.05) is 12.0 Å². The molecule has 0 spiro atoms. The second kappa shape index (κ2) is 10.3. The number of hydrogen-bond donors (Lipinski definition) is 2. The highest BCUT2D eigenvalue weighted by Crippen LogP contribution is 2.31. The van der Waals surface area contributed by atoms with Crippen LogP contribution in [-0.4, -0.2) is 53.8 Å². The third kappa shape index (κ3) is 5.70. The Labute approximate surface area is 181 Å². The number of fused-ring (bicyclic) bond motifs is 10. The van der Waals surface area contributed by atoms with Crippen LogP contribution in [-0.2, 0) is 25.6 Å². The van der Waals surface area contributed by atoms with E-state index in [9.17, 15) is 15.0 Å². The summed E-state index contributed by atoms with van der Waals surface area (Å²) < 4.78 is 23.3. The van der Waals surface area contributed by atoms with Crippen LogP contribution < -0.4 is 0 Å². The van der Waals surface area contributed by atoms with Crippen molar-refractivity contribution in [3.63, 3.8) is 0 Å². The van der Waals surface area contributed by atoms with Crippen molar-refractivity contribution in [2.24, 2.45) is 0 Å². The van der Waals surface area contributed by atoms with Crippen molar-refractivity contribution in [2.75, 3.05) is 13.2 Å². The molecule has 2 aromatic carbocycles. The average molecular weight is 428 g/mol. The Morgan fingerprint density at radius 3 is 2.55 bits per heavy atom. The predicted molar refractivity (Wildman–Crippen MR) is 111 cm³/mol. The van der Waals surface area contributed by atoms with E-state index in [1.54, 1.807) is 24.3 Å². The maximum atomic E-state index is 12.1. The Morgan fingerprint density at radius 1 is 1.00 bits per heavy atom. The smallest absolute Gasteiger partial charge is 0.338 e. The van der Waals surface area contributed by atoms with E-state index in [1.807, 2.05) is 30.3 Å². The third-order valence-electron chi connectivity index (χ3n) is 5.65. The monoisotopic (exact) mass is 428 g/mol. The number of aliphatic hydroxyl groups excluding tert-OH is 2. The molecule has 3 aliphatic heterocycles. The molecule has 166 valence electrons. The van der Waals surface area contributed by atoms with E-state index in [-0.39, 0.29) is 13.0 Å². The number of aliphatic hydroxyl groups is 2. The van der Waals surface area contributed by atoms with E-state index in [2.05, 4.69) is 0 Å². The Morgan fingerprint density at radius 2 is 1.77 bits per heavy atom. The molecule has 2 aromatic rings. The maximum Gasteiger partial charge on any atom is 0.338 e. The van der Waals surface area contributed by atoms with Crippen molar-refractivity contribution >= 4 is 5.97 Å². The van der Waals surface area contributed by atoms with E-state index in [0.717, 1.165) is 11.1 Å². The zero-order valence-electron chi connectivity index (χ0n) is 17.3. The van der Waals surface area contributed by atoms with Crippen molar-refractivity contribution in [3.8, 4) is 0 Å². The highest BCUT2D eigenvalue weighted by Gasteiger charge is 2.36. The summed E-state index contributed by atoms with van der Waals surface area (Å²) in [5.41, 5.74) is 2.24. The number of carbonyl (C=O) groups excluding carboxylic acids is 1. The molecular weight excluding hydrogens is 400 g/mol. The number of carbonyl (C=O) groups is 1. The van der Waals surface area contributed by atoms with Gasteiger partial charge < -0.3 is 29.2 Å². The molecule has 0 aliphatic carbocycles. The molecule has 1 saturated heterocycles. The standard InChI is InChI=1S/C24H28O7/c25-19-7-4-12-28-23(27)17-8-10-18(11-9-17)24-30-15-22(31-24)21(13-20(19)26)29-14-16-5-2-1-3-6-16/h1-3,5-6,8-11,19-22,24-26H,4,7,12-15H2/t19-,20-,21-,22+,24-/m0/s1. The Balaban J connectivity index is 1.52. The van der Waals surface area contributed by atoms with Gasteiger partial charge in [0.1, 0.15) is 6.10 Å². The van der Waals surface area contributed by atoms with Gasteiger partial charge in [-0.2, -0.15) is 0 Å². The fourth-order valence-corrected chi connectivity index (χ4v) is 3.80. The van der Waals surface area contributed by atoms with E-state index in [0.29, 0.717) is 31.6 Å². The molecule has 3 aliphatic rings. The van der Waals surface area contributed by atoms with Crippen LogP contribution in [0.4, 0.5) is 0 Å². The van der Waals surface area contributed by atoms with Crippen LogP contribution in [0.3, 0.4) is 0 Å². The van der Waals surface area contributed by atoms with Crippen LogP contribution in [0.25, 0.3) is 0 Å². The lowest BCUT2D eigenvalue weighted by molar-refractivity contribution is -0.117. The van der Waals surface area contributed by atoms with Crippen molar-refractivity contribution in [1.29, 1.82) is 0 Å². The minimum Gasteiger partial charge on any atom is -0.462 e. The molecule has 7 heteroatoms. The van der Waals surface area contributed by atoms with Gasteiger partial charge in [0.15, 0.2) is 6.29 Å². The quantitative estimate of drug-likeness (QED) is 0.726. The summed E-state index contributed by atoms with van der Waals surface area (Å²) in [4.78, 5) is 12.1. The molecule has 0 unspecified atom stereocenters. The highest BCUT2D eigenvalue weighted by molar-refractivity contribution is 5.89. The molecular formula is C24H28O7. The summed E-state index contributed by atoms with van der Waals surface area (Å²) >= 11 is 0. The Kier molecular flexibility index (Phi) is 7.32.